The highest BCUT2D eigenvalue weighted by molar-refractivity contribution is 5.62. The van der Waals surface area contributed by atoms with Crippen LogP contribution in [0.25, 0.3) is 11.3 Å². The second-order valence-corrected chi connectivity index (χ2v) is 4.94. The van der Waals surface area contributed by atoms with Gasteiger partial charge in [-0.2, -0.15) is 0 Å². The zero-order valence-electron chi connectivity index (χ0n) is 12.8. The average Bonchev–Trinajstić information content (AvgIpc) is 2.54. The molecule has 0 aliphatic heterocycles. The largest absolute Gasteiger partial charge is 0.494 e. The van der Waals surface area contributed by atoms with Crippen molar-refractivity contribution in [3.63, 3.8) is 0 Å². The fourth-order valence-electron chi connectivity index (χ4n) is 2.39. The van der Waals surface area contributed by atoms with Gasteiger partial charge in [0.2, 0.25) is 0 Å². The molecule has 0 aliphatic rings. The van der Waals surface area contributed by atoms with Crippen molar-refractivity contribution >= 4 is 0 Å². The van der Waals surface area contributed by atoms with E-state index in [9.17, 15) is 4.79 Å². The van der Waals surface area contributed by atoms with Gasteiger partial charge in [0.25, 0.3) is 5.56 Å². The number of aliphatic hydroxyl groups is 1. The number of ether oxygens (including phenoxy) is 1. The van der Waals surface area contributed by atoms with Crippen LogP contribution in [-0.2, 0) is 13.1 Å². The number of benzene rings is 1. The Balaban J connectivity index is 2.51. The van der Waals surface area contributed by atoms with Gasteiger partial charge >= 0.3 is 0 Å². The quantitative estimate of drug-likeness (QED) is 0.817. The molecule has 1 aromatic heterocycles. The fourth-order valence-corrected chi connectivity index (χ4v) is 2.39. The molecular weight excluding hydrogens is 280 g/mol. The molecule has 0 bridgehead atoms. The highest BCUT2D eigenvalue weighted by atomic mass is 16.5. The van der Waals surface area contributed by atoms with Crippen LogP contribution in [0.2, 0.25) is 0 Å². The molecule has 2 aromatic rings. The summed E-state index contributed by atoms with van der Waals surface area (Å²) in [6.07, 6.45) is 0.520. The van der Waals surface area contributed by atoms with Crippen molar-refractivity contribution in [2.24, 2.45) is 5.73 Å². The number of pyridine rings is 1. The van der Waals surface area contributed by atoms with Gasteiger partial charge in [-0.05, 0) is 31.5 Å². The van der Waals surface area contributed by atoms with Crippen LogP contribution >= 0.6 is 0 Å². The molecule has 22 heavy (non-hydrogen) atoms. The van der Waals surface area contributed by atoms with Gasteiger partial charge in [0.05, 0.1) is 12.3 Å². The number of nitrogens with two attached hydrogens (primary N) is 1. The molecule has 3 N–H and O–H groups in total. The maximum atomic E-state index is 12.5. The summed E-state index contributed by atoms with van der Waals surface area (Å²) in [5, 5.41) is 9.06. The molecule has 0 aliphatic carbocycles. The molecule has 2 rings (SSSR count). The van der Waals surface area contributed by atoms with Crippen molar-refractivity contribution in [2.45, 2.75) is 26.4 Å². The van der Waals surface area contributed by atoms with Crippen LogP contribution in [0.4, 0.5) is 0 Å². The van der Waals surface area contributed by atoms with Crippen molar-refractivity contribution < 1.29 is 9.84 Å². The maximum Gasteiger partial charge on any atom is 0.255 e. The van der Waals surface area contributed by atoms with Gasteiger partial charge in [-0.15, -0.1) is 0 Å². The Labute approximate surface area is 130 Å². The van der Waals surface area contributed by atoms with Crippen LogP contribution in [0.1, 0.15) is 18.9 Å². The molecule has 0 atom stereocenters. The monoisotopic (exact) mass is 302 g/mol. The Kier molecular flexibility index (Phi) is 5.75. The van der Waals surface area contributed by atoms with Gasteiger partial charge in [0.15, 0.2) is 0 Å². The summed E-state index contributed by atoms with van der Waals surface area (Å²) in [5.41, 5.74) is 7.80. The average molecular weight is 302 g/mol. The van der Waals surface area contributed by atoms with E-state index in [-0.39, 0.29) is 18.7 Å². The third-order valence-corrected chi connectivity index (χ3v) is 3.45. The molecule has 0 amide bonds. The lowest BCUT2D eigenvalue weighted by atomic mass is 10.1. The van der Waals surface area contributed by atoms with E-state index in [0.717, 1.165) is 17.0 Å². The Morgan fingerprint density at radius 2 is 2.09 bits per heavy atom. The van der Waals surface area contributed by atoms with Crippen LogP contribution in [-0.4, -0.2) is 22.9 Å². The minimum Gasteiger partial charge on any atom is -0.494 e. The molecule has 0 spiro atoms. The first-order chi connectivity index (χ1) is 10.7. The lowest BCUT2D eigenvalue weighted by Gasteiger charge is -2.15. The smallest absolute Gasteiger partial charge is 0.255 e. The van der Waals surface area contributed by atoms with Crippen molar-refractivity contribution in [3.05, 3.63) is 52.3 Å². The summed E-state index contributed by atoms with van der Waals surface area (Å²) in [7, 11) is 0. The molecule has 0 saturated heterocycles. The molecule has 0 radical (unpaired) electrons. The van der Waals surface area contributed by atoms with E-state index in [4.69, 9.17) is 15.6 Å². The molecule has 5 heteroatoms. The molecule has 1 heterocycles. The molecule has 1 aromatic carbocycles. The highest BCUT2D eigenvalue weighted by Crippen LogP contribution is 2.23. The topological polar surface area (TPSA) is 77.5 Å². The Hall–Kier alpha value is -2.11. The number of aliphatic hydroxyl groups excluding tert-OH is 1. The van der Waals surface area contributed by atoms with Gasteiger partial charge in [0, 0.05) is 30.8 Å². The second-order valence-electron chi connectivity index (χ2n) is 4.94. The number of hydrogen-bond acceptors (Lipinski definition) is 4. The molecule has 5 nitrogen and oxygen atoms in total. The van der Waals surface area contributed by atoms with Crippen molar-refractivity contribution in [2.75, 3.05) is 13.2 Å². The summed E-state index contributed by atoms with van der Waals surface area (Å²) in [4.78, 5) is 12.5. The number of hydrogen-bond donors (Lipinski definition) is 2. The third kappa shape index (κ3) is 3.55. The molecule has 118 valence electrons. The zero-order valence-corrected chi connectivity index (χ0v) is 12.8. The molecular formula is C17H22N2O3. The SMILES string of the molecule is CCOc1cccc(-c2ccc(CN)c(=O)n2CCCO)c1. The van der Waals surface area contributed by atoms with E-state index in [2.05, 4.69) is 0 Å². The number of aromatic nitrogens is 1. The highest BCUT2D eigenvalue weighted by Gasteiger charge is 2.10. The summed E-state index contributed by atoms with van der Waals surface area (Å²) in [6.45, 7) is 3.22. The normalized spacial score (nSPS) is 10.7. The van der Waals surface area contributed by atoms with E-state index in [1.165, 1.54) is 0 Å². The summed E-state index contributed by atoms with van der Waals surface area (Å²) in [6, 6.07) is 11.3. The Morgan fingerprint density at radius 3 is 2.77 bits per heavy atom. The lowest BCUT2D eigenvalue weighted by Crippen LogP contribution is -2.27. The van der Waals surface area contributed by atoms with Gasteiger partial charge in [-0.25, -0.2) is 0 Å². The Bertz CT molecular complexity index is 680. The van der Waals surface area contributed by atoms with Crippen molar-refractivity contribution in [1.29, 1.82) is 0 Å². The van der Waals surface area contributed by atoms with E-state index < -0.39 is 0 Å². The van der Waals surface area contributed by atoms with E-state index in [1.54, 1.807) is 10.6 Å². The van der Waals surface area contributed by atoms with Crippen LogP contribution in [0.5, 0.6) is 5.75 Å². The predicted octanol–water partition coefficient (Wildman–Crippen LogP) is 1.76. The van der Waals surface area contributed by atoms with Gasteiger partial charge in [-0.1, -0.05) is 18.2 Å². The van der Waals surface area contributed by atoms with E-state index >= 15 is 0 Å². The van der Waals surface area contributed by atoms with E-state index in [0.29, 0.717) is 25.1 Å². The lowest BCUT2D eigenvalue weighted by molar-refractivity contribution is 0.279. The third-order valence-electron chi connectivity index (χ3n) is 3.45. The second kappa shape index (κ2) is 7.77. The first-order valence-corrected chi connectivity index (χ1v) is 7.48. The van der Waals surface area contributed by atoms with E-state index in [1.807, 2.05) is 37.3 Å². The maximum absolute atomic E-state index is 12.5. The van der Waals surface area contributed by atoms with Crippen LogP contribution in [0, 0.1) is 0 Å². The Morgan fingerprint density at radius 1 is 1.27 bits per heavy atom. The first-order valence-electron chi connectivity index (χ1n) is 7.48. The van der Waals surface area contributed by atoms with Crippen LogP contribution in [0.3, 0.4) is 0 Å². The first kappa shape index (κ1) is 16.3. The van der Waals surface area contributed by atoms with Crippen LogP contribution < -0.4 is 16.0 Å². The number of nitrogens with zero attached hydrogens (tertiary/aromatic N) is 1. The molecule has 0 unspecified atom stereocenters. The van der Waals surface area contributed by atoms with Crippen LogP contribution in [0.15, 0.2) is 41.2 Å². The fraction of sp³-hybridized carbons (Fsp3) is 0.353. The summed E-state index contributed by atoms with van der Waals surface area (Å²) < 4.78 is 7.19. The standard InChI is InChI=1S/C17H22N2O3/c1-2-22-15-6-3-5-13(11-15)16-8-7-14(12-18)17(21)19(16)9-4-10-20/h3,5-8,11,20H,2,4,9-10,12,18H2,1H3. The number of rotatable bonds is 7. The van der Waals surface area contributed by atoms with Gasteiger partial charge in [0.1, 0.15) is 5.75 Å². The van der Waals surface area contributed by atoms with Crippen molar-refractivity contribution in [1.82, 2.24) is 4.57 Å². The summed E-state index contributed by atoms with van der Waals surface area (Å²) in [5.74, 6) is 0.768. The minimum absolute atomic E-state index is 0.0394. The van der Waals surface area contributed by atoms with Gasteiger partial charge < -0.3 is 20.1 Å². The summed E-state index contributed by atoms with van der Waals surface area (Å²) >= 11 is 0. The zero-order chi connectivity index (χ0) is 15.9. The van der Waals surface area contributed by atoms with Crippen molar-refractivity contribution in [3.8, 4) is 17.0 Å². The molecule has 0 fully saturated rings. The molecule has 0 saturated carbocycles. The minimum atomic E-state index is -0.102. The van der Waals surface area contributed by atoms with Gasteiger partial charge in [-0.3, -0.25) is 4.79 Å². The predicted molar refractivity (Wildman–Crippen MR) is 86.9 cm³/mol.